The molecule has 0 spiro atoms. The lowest BCUT2D eigenvalue weighted by Crippen LogP contribution is -2.42. The topological polar surface area (TPSA) is 123 Å². The monoisotopic (exact) mass is 513 g/mol. The first-order valence-electron chi connectivity index (χ1n) is 11.5. The Kier molecular flexibility index (Phi) is 6.01. The van der Waals surface area contributed by atoms with Gasteiger partial charge in [-0.2, -0.15) is 0 Å². The maximum atomic E-state index is 14.7. The van der Waals surface area contributed by atoms with Crippen LogP contribution in [0.25, 0.3) is 28.2 Å². The summed E-state index contributed by atoms with van der Waals surface area (Å²) in [6, 6.07) is 9.47. The van der Waals surface area contributed by atoms with Crippen LogP contribution >= 0.6 is 0 Å². The highest BCUT2D eigenvalue weighted by atomic mass is 32.2. The van der Waals surface area contributed by atoms with Gasteiger partial charge in [-0.05, 0) is 62.9 Å². The number of sulfonamides is 1. The molecule has 0 atom stereocenters. The maximum Gasteiger partial charge on any atom is 0.243 e. The lowest BCUT2D eigenvalue weighted by Gasteiger charge is -2.33. The molecule has 2 aromatic heterocycles. The van der Waals surface area contributed by atoms with Crippen LogP contribution < -0.4 is 10.5 Å². The molecule has 5 rings (SSSR count). The van der Waals surface area contributed by atoms with E-state index in [1.165, 1.54) is 24.4 Å². The van der Waals surface area contributed by atoms with Crippen LogP contribution in [0.3, 0.4) is 0 Å². The van der Waals surface area contributed by atoms with Crippen molar-refractivity contribution in [3.63, 3.8) is 0 Å². The highest BCUT2D eigenvalue weighted by Crippen LogP contribution is 2.31. The van der Waals surface area contributed by atoms with Gasteiger partial charge in [0, 0.05) is 23.4 Å². The maximum absolute atomic E-state index is 14.7. The lowest BCUT2D eigenvalue weighted by molar-refractivity contribution is 0.0163. The molecule has 188 valence electrons. The molecule has 4 N–H and O–H groups in total. The van der Waals surface area contributed by atoms with Crippen molar-refractivity contribution in [3.8, 4) is 22.5 Å². The van der Waals surface area contributed by atoms with Gasteiger partial charge in [-0.3, -0.25) is 4.40 Å². The summed E-state index contributed by atoms with van der Waals surface area (Å²) in [5.74, 6) is -1.31. The molecule has 1 saturated carbocycles. The second kappa shape index (κ2) is 8.91. The summed E-state index contributed by atoms with van der Waals surface area (Å²) in [4.78, 5) is 8.03. The number of nitrogen functional groups attached to an aromatic ring is 1. The molecule has 4 aromatic rings. The zero-order valence-electron chi connectivity index (χ0n) is 19.4. The predicted octanol–water partition coefficient (Wildman–Crippen LogP) is 3.90. The number of nitrogens with two attached hydrogens (primary N) is 1. The van der Waals surface area contributed by atoms with E-state index in [-0.39, 0.29) is 17.1 Å². The van der Waals surface area contributed by atoms with Gasteiger partial charge in [0.15, 0.2) is 11.5 Å². The standard InChI is InChI=1S/C25H25F2N5O3S/c1-25(33)10-8-16(9-11-25)31-36(34,35)22-12-15(6-7-19(22)27)21-13-29-24-23(28)30-20(14-32(21)24)17-4-2-3-5-18(17)26/h2-7,12-14,16,31,33H,8-11H2,1H3,(H2,28,30)/t16-,25+. The normalized spacial score (nSPS) is 20.6. The number of hydrogen-bond donors (Lipinski definition) is 3. The van der Waals surface area contributed by atoms with Gasteiger partial charge < -0.3 is 10.8 Å². The van der Waals surface area contributed by atoms with E-state index in [9.17, 15) is 22.3 Å². The zero-order chi connectivity index (χ0) is 25.7. The van der Waals surface area contributed by atoms with E-state index in [2.05, 4.69) is 14.7 Å². The number of hydrogen-bond acceptors (Lipinski definition) is 6. The highest BCUT2D eigenvalue weighted by Gasteiger charge is 2.32. The molecule has 1 aliphatic carbocycles. The minimum absolute atomic E-state index is 0.0619. The fourth-order valence-corrected chi connectivity index (χ4v) is 5.94. The number of aromatic nitrogens is 3. The number of imidazole rings is 1. The molecule has 0 aliphatic heterocycles. The molecule has 11 heteroatoms. The quantitative estimate of drug-likeness (QED) is 0.372. The SMILES string of the molecule is C[C@]1(O)CC[C@@H](NS(=O)(=O)c2cc(-c3cnc4c(N)nc(-c5ccccc5F)cn34)ccc2F)CC1. The summed E-state index contributed by atoms with van der Waals surface area (Å²) in [6.45, 7) is 1.72. The number of fused-ring (bicyclic) bond motifs is 1. The molecule has 2 heterocycles. The van der Waals surface area contributed by atoms with Crippen molar-refractivity contribution in [2.24, 2.45) is 0 Å². The van der Waals surface area contributed by atoms with Crippen molar-refractivity contribution < 1.29 is 22.3 Å². The van der Waals surface area contributed by atoms with E-state index >= 15 is 0 Å². The number of rotatable bonds is 5. The molecule has 1 fully saturated rings. The van der Waals surface area contributed by atoms with E-state index in [0.717, 1.165) is 6.07 Å². The molecule has 8 nitrogen and oxygen atoms in total. The van der Waals surface area contributed by atoms with Crippen LogP contribution in [0, 0.1) is 11.6 Å². The summed E-state index contributed by atoms with van der Waals surface area (Å²) in [5, 5.41) is 10.1. The minimum Gasteiger partial charge on any atom is -0.390 e. The molecule has 0 amide bonds. The van der Waals surface area contributed by atoms with Gasteiger partial charge in [0.1, 0.15) is 16.5 Å². The summed E-state index contributed by atoms with van der Waals surface area (Å²) in [6.07, 6.45) is 4.82. The minimum atomic E-state index is -4.18. The molecular formula is C25H25F2N5O3S. The summed E-state index contributed by atoms with van der Waals surface area (Å²) in [7, 11) is -4.18. The second-order valence-electron chi connectivity index (χ2n) is 9.37. The molecule has 1 aliphatic rings. The largest absolute Gasteiger partial charge is 0.390 e. The molecule has 0 saturated heterocycles. The average molecular weight is 514 g/mol. The van der Waals surface area contributed by atoms with Gasteiger partial charge in [0.2, 0.25) is 10.0 Å². The fraction of sp³-hybridized carbons (Fsp3) is 0.280. The van der Waals surface area contributed by atoms with Gasteiger partial charge in [-0.25, -0.2) is 31.9 Å². The third-order valence-electron chi connectivity index (χ3n) is 6.57. The van der Waals surface area contributed by atoms with Crippen molar-refractivity contribution >= 4 is 21.5 Å². The van der Waals surface area contributed by atoms with E-state index in [4.69, 9.17) is 5.73 Å². The lowest BCUT2D eigenvalue weighted by atomic mass is 9.84. The van der Waals surface area contributed by atoms with Crippen LogP contribution in [-0.2, 0) is 10.0 Å². The molecule has 0 bridgehead atoms. The Hall–Kier alpha value is -3.41. The van der Waals surface area contributed by atoms with Crippen molar-refractivity contribution in [3.05, 3.63) is 66.5 Å². The third-order valence-corrected chi connectivity index (χ3v) is 8.10. The van der Waals surface area contributed by atoms with E-state index in [0.29, 0.717) is 42.6 Å². The first-order chi connectivity index (χ1) is 17.0. The van der Waals surface area contributed by atoms with Crippen LogP contribution in [0.5, 0.6) is 0 Å². The Bertz CT molecular complexity index is 1560. The molecule has 2 aromatic carbocycles. The number of nitrogens with one attached hydrogen (secondary N) is 1. The van der Waals surface area contributed by atoms with Crippen molar-refractivity contribution in [2.75, 3.05) is 5.73 Å². The van der Waals surface area contributed by atoms with Crippen LogP contribution in [0.15, 0.2) is 59.8 Å². The van der Waals surface area contributed by atoms with E-state index < -0.39 is 38.2 Å². The highest BCUT2D eigenvalue weighted by molar-refractivity contribution is 7.89. The number of aliphatic hydroxyl groups is 1. The second-order valence-corrected chi connectivity index (χ2v) is 11.0. The fourth-order valence-electron chi connectivity index (χ4n) is 4.53. The molecular weight excluding hydrogens is 488 g/mol. The van der Waals surface area contributed by atoms with Crippen molar-refractivity contribution in [1.82, 2.24) is 19.1 Å². The summed E-state index contributed by atoms with van der Waals surface area (Å²) < 4.78 is 59.5. The van der Waals surface area contributed by atoms with Crippen LogP contribution in [0.2, 0.25) is 0 Å². The Balaban J connectivity index is 1.53. The first-order valence-corrected chi connectivity index (χ1v) is 13.0. The predicted molar refractivity (Wildman–Crippen MR) is 131 cm³/mol. The first kappa shape index (κ1) is 24.3. The van der Waals surface area contributed by atoms with Crippen molar-refractivity contribution in [1.29, 1.82) is 0 Å². The van der Waals surface area contributed by atoms with Gasteiger partial charge in [0.25, 0.3) is 0 Å². The Morgan fingerprint density at radius 3 is 2.58 bits per heavy atom. The van der Waals surface area contributed by atoms with E-state index in [1.807, 2.05) is 0 Å². The zero-order valence-corrected chi connectivity index (χ0v) is 20.3. The van der Waals surface area contributed by atoms with Gasteiger partial charge in [0.05, 0.1) is 23.2 Å². The number of benzene rings is 2. The summed E-state index contributed by atoms with van der Waals surface area (Å²) in [5.41, 5.74) is 6.87. The Morgan fingerprint density at radius 1 is 1.14 bits per heavy atom. The molecule has 0 radical (unpaired) electrons. The van der Waals surface area contributed by atoms with E-state index in [1.54, 1.807) is 35.7 Å². The van der Waals surface area contributed by atoms with Crippen molar-refractivity contribution in [2.45, 2.75) is 49.1 Å². The molecule has 36 heavy (non-hydrogen) atoms. The summed E-state index contributed by atoms with van der Waals surface area (Å²) >= 11 is 0. The van der Waals surface area contributed by atoms with Gasteiger partial charge in [-0.15, -0.1) is 0 Å². The third kappa shape index (κ3) is 4.57. The smallest absolute Gasteiger partial charge is 0.243 e. The Labute approximate surface area is 206 Å². The Morgan fingerprint density at radius 2 is 1.86 bits per heavy atom. The van der Waals surface area contributed by atoms with Crippen LogP contribution in [-0.4, -0.2) is 39.5 Å². The number of halogens is 2. The van der Waals surface area contributed by atoms with Gasteiger partial charge >= 0.3 is 0 Å². The van der Waals surface area contributed by atoms with Crippen LogP contribution in [0.1, 0.15) is 32.6 Å². The number of nitrogens with zero attached hydrogens (tertiary/aromatic N) is 3. The van der Waals surface area contributed by atoms with Crippen LogP contribution in [0.4, 0.5) is 14.6 Å². The molecule has 0 unspecified atom stereocenters. The number of anilines is 1. The van der Waals surface area contributed by atoms with Gasteiger partial charge in [-0.1, -0.05) is 12.1 Å². The average Bonchev–Trinajstić information content (AvgIpc) is 3.25.